The summed E-state index contributed by atoms with van der Waals surface area (Å²) >= 11 is 0. The summed E-state index contributed by atoms with van der Waals surface area (Å²) in [6.07, 6.45) is 3.42. The minimum atomic E-state index is -3.16. The van der Waals surface area contributed by atoms with Crippen LogP contribution in [0.5, 0.6) is 0 Å². The van der Waals surface area contributed by atoms with Gasteiger partial charge in [-0.25, -0.2) is 22.9 Å². The first-order chi connectivity index (χ1) is 14.5. The number of ether oxygens (including phenoxy) is 1. The van der Waals surface area contributed by atoms with Crippen LogP contribution in [-0.4, -0.2) is 47.8 Å². The minimum absolute atomic E-state index is 0.0401. The van der Waals surface area contributed by atoms with E-state index in [1.165, 1.54) is 19.6 Å². The van der Waals surface area contributed by atoms with Crippen LogP contribution in [0.3, 0.4) is 0 Å². The Morgan fingerprint density at radius 1 is 1.20 bits per heavy atom. The van der Waals surface area contributed by atoms with Crippen molar-refractivity contribution in [3.63, 3.8) is 0 Å². The summed E-state index contributed by atoms with van der Waals surface area (Å²) in [6.45, 7) is 0. The second kappa shape index (κ2) is 6.84. The van der Waals surface area contributed by atoms with Gasteiger partial charge < -0.3 is 13.6 Å². The lowest BCUT2D eigenvalue weighted by atomic mass is 10.1. The molecule has 1 saturated heterocycles. The average Bonchev–Trinajstić information content (AvgIpc) is 3.51. The first-order valence-electron chi connectivity index (χ1n) is 9.26. The maximum absolute atomic E-state index is 12.7. The third-order valence-electron chi connectivity index (χ3n) is 5.15. The molecule has 0 aromatic carbocycles. The molecule has 1 atom stereocenters. The number of nitrogens with zero attached hydrogens (tertiary/aromatic N) is 3. The van der Waals surface area contributed by atoms with E-state index in [0.29, 0.717) is 40.4 Å². The number of pyridine rings is 1. The van der Waals surface area contributed by atoms with Gasteiger partial charge in [0.15, 0.2) is 27.0 Å². The van der Waals surface area contributed by atoms with Crippen molar-refractivity contribution in [3.8, 4) is 22.9 Å². The number of rotatable bonds is 4. The van der Waals surface area contributed by atoms with Gasteiger partial charge in [0, 0.05) is 0 Å². The summed E-state index contributed by atoms with van der Waals surface area (Å²) in [4.78, 5) is 17.3. The summed E-state index contributed by atoms with van der Waals surface area (Å²) in [5.41, 5.74) is 1.43. The highest BCUT2D eigenvalue weighted by atomic mass is 32.2. The average molecular weight is 427 g/mol. The van der Waals surface area contributed by atoms with Crippen molar-refractivity contribution in [2.24, 2.45) is 0 Å². The molecule has 0 radical (unpaired) electrons. The van der Waals surface area contributed by atoms with Crippen molar-refractivity contribution < 1.29 is 26.8 Å². The van der Waals surface area contributed by atoms with Gasteiger partial charge in [-0.15, -0.1) is 0 Å². The van der Waals surface area contributed by atoms with Gasteiger partial charge in [-0.05, 0) is 36.8 Å². The zero-order valence-corrected chi connectivity index (χ0v) is 16.8. The van der Waals surface area contributed by atoms with Crippen molar-refractivity contribution in [3.05, 3.63) is 48.4 Å². The standard InChI is InChI=1S/C20H17N3O6S/c1-27-20(24)13-10-14(15-4-2-7-28-15)21-19-17(13)18(16-5-3-8-29-16)22-23(19)12-6-9-30(25,26)11-12/h2-5,7-8,10,12H,6,9,11H2,1H3/t12-/m0/s1. The molecule has 1 aliphatic heterocycles. The normalized spacial score (nSPS) is 18.1. The molecule has 4 aromatic heterocycles. The van der Waals surface area contributed by atoms with Gasteiger partial charge in [0.25, 0.3) is 0 Å². The van der Waals surface area contributed by atoms with Gasteiger partial charge in [-0.2, -0.15) is 5.10 Å². The van der Waals surface area contributed by atoms with E-state index in [0.717, 1.165) is 0 Å². The molecule has 0 saturated carbocycles. The van der Waals surface area contributed by atoms with Crippen molar-refractivity contribution >= 4 is 26.8 Å². The van der Waals surface area contributed by atoms with Crippen LogP contribution in [0.4, 0.5) is 0 Å². The monoisotopic (exact) mass is 427 g/mol. The van der Waals surface area contributed by atoms with E-state index in [2.05, 4.69) is 10.1 Å². The number of esters is 1. The van der Waals surface area contributed by atoms with Crippen molar-refractivity contribution in [2.75, 3.05) is 18.6 Å². The molecular formula is C20H17N3O6S. The van der Waals surface area contributed by atoms with Crippen LogP contribution >= 0.6 is 0 Å². The number of hydrogen-bond donors (Lipinski definition) is 0. The molecule has 5 heterocycles. The Kier molecular flexibility index (Phi) is 4.24. The highest BCUT2D eigenvalue weighted by Crippen LogP contribution is 2.36. The van der Waals surface area contributed by atoms with Gasteiger partial charge in [0.2, 0.25) is 0 Å². The lowest BCUT2D eigenvalue weighted by Gasteiger charge is -2.10. The van der Waals surface area contributed by atoms with Crippen LogP contribution in [-0.2, 0) is 14.6 Å². The van der Waals surface area contributed by atoms with Crippen molar-refractivity contribution in [2.45, 2.75) is 12.5 Å². The summed E-state index contributed by atoms with van der Waals surface area (Å²) in [6, 6.07) is 8.06. The smallest absolute Gasteiger partial charge is 0.338 e. The van der Waals surface area contributed by atoms with Crippen LogP contribution in [0.2, 0.25) is 0 Å². The fourth-order valence-corrected chi connectivity index (χ4v) is 5.46. The van der Waals surface area contributed by atoms with Crippen LogP contribution < -0.4 is 0 Å². The van der Waals surface area contributed by atoms with Gasteiger partial charge in [-0.3, -0.25) is 0 Å². The summed E-state index contributed by atoms with van der Waals surface area (Å²) in [5, 5.41) is 5.08. The molecule has 9 nitrogen and oxygen atoms in total. The first kappa shape index (κ1) is 18.6. The van der Waals surface area contributed by atoms with Gasteiger partial charge >= 0.3 is 5.97 Å². The molecular weight excluding hydrogens is 410 g/mol. The van der Waals surface area contributed by atoms with Crippen LogP contribution in [0.1, 0.15) is 22.8 Å². The lowest BCUT2D eigenvalue weighted by molar-refractivity contribution is 0.0603. The largest absolute Gasteiger partial charge is 0.465 e. The number of fused-ring (bicyclic) bond motifs is 1. The Morgan fingerprint density at radius 2 is 1.93 bits per heavy atom. The summed E-state index contributed by atoms with van der Waals surface area (Å²) in [7, 11) is -1.87. The number of hydrogen-bond acceptors (Lipinski definition) is 8. The molecule has 0 amide bonds. The Hall–Kier alpha value is -3.40. The Bertz CT molecular complexity index is 1340. The number of methoxy groups -OCH3 is 1. The second-order valence-corrected chi connectivity index (χ2v) is 9.28. The van der Waals surface area contributed by atoms with Crippen LogP contribution in [0.15, 0.2) is 51.7 Å². The first-order valence-corrected chi connectivity index (χ1v) is 11.1. The zero-order valence-electron chi connectivity index (χ0n) is 15.9. The van der Waals surface area contributed by atoms with E-state index >= 15 is 0 Å². The molecule has 154 valence electrons. The Balaban J connectivity index is 1.83. The van der Waals surface area contributed by atoms with E-state index in [-0.39, 0.29) is 17.1 Å². The van der Waals surface area contributed by atoms with E-state index in [1.54, 1.807) is 35.0 Å². The zero-order chi connectivity index (χ0) is 20.9. The topological polar surface area (TPSA) is 117 Å². The quantitative estimate of drug-likeness (QED) is 0.456. The van der Waals surface area contributed by atoms with E-state index in [1.807, 2.05) is 0 Å². The van der Waals surface area contributed by atoms with E-state index < -0.39 is 21.8 Å². The number of carbonyl (C=O) groups excluding carboxylic acids is 1. The predicted octanol–water partition coefficient (Wildman–Crippen LogP) is 3.10. The number of aromatic nitrogens is 3. The number of carbonyl (C=O) groups is 1. The lowest BCUT2D eigenvalue weighted by Crippen LogP contribution is -2.13. The maximum Gasteiger partial charge on any atom is 0.338 e. The molecule has 1 fully saturated rings. The number of furan rings is 2. The summed E-state index contributed by atoms with van der Waals surface area (Å²) < 4.78 is 41.7. The molecule has 0 spiro atoms. The molecule has 1 aliphatic rings. The van der Waals surface area contributed by atoms with E-state index in [4.69, 9.17) is 13.6 Å². The number of sulfone groups is 1. The van der Waals surface area contributed by atoms with Crippen molar-refractivity contribution in [1.29, 1.82) is 0 Å². The van der Waals surface area contributed by atoms with Crippen molar-refractivity contribution in [1.82, 2.24) is 14.8 Å². The SMILES string of the molecule is COC(=O)c1cc(-c2ccco2)nc2c1c(-c1ccco1)nn2[C@H]1CCS(=O)(=O)C1. The molecule has 30 heavy (non-hydrogen) atoms. The fraction of sp³-hybridized carbons (Fsp3) is 0.250. The molecule has 0 bridgehead atoms. The molecule has 4 aromatic rings. The Labute approximate surface area is 171 Å². The summed E-state index contributed by atoms with van der Waals surface area (Å²) in [5.74, 6) is 0.380. The molecule has 0 N–H and O–H groups in total. The van der Waals surface area contributed by atoms with Crippen LogP contribution in [0.25, 0.3) is 33.9 Å². The third-order valence-corrected chi connectivity index (χ3v) is 6.90. The molecule has 10 heteroatoms. The fourth-order valence-electron chi connectivity index (χ4n) is 3.77. The van der Waals surface area contributed by atoms with Gasteiger partial charge in [-0.1, -0.05) is 0 Å². The maximum atomic E-state index is 12.7. The molecule has 5 rings (SSSR count). The highest BCUT2D eigenvalue weighted by molar-refractivity contribution is 7.91. The van der Waals surface area contributed by atoms with Crippen LogP contribution in [0, 0.1) is 0 Å². The molecule has 0 unspecified atom stereocenters. The highest BCUT2D eigenvalue weighted by Gasteiger charge is 2.34. The van der Waals surface area contributed by atoms with E-state index in [9.17, 15) is 13.2 Å². The van der Waals surface area contributed by atoms with Gasteiger partial charge in [0.05, 0.1) is 48.1 Å². The minimum Gasteiger partial charge on any atom is -0.465 e. The predicted molar refractivity (Wildman–Crippen MR) is 107 cm³/mol. The third kappa shape index (κ3) is 3.00. The second-order valence-electron chi connectivity index (χ2n) is 7.05. The van der Waals surface area contributed by atoms with Gasteiger partial charge in [0.1, 0.15) is 11.4 Å². The Morgan fingerprint density at radius 3 is 2.53 bits per heavy atom. The molecule has 0 aliphatic carbocycles.